The van der Waals surface area contributed by atoms with Crippen LogP contribution >= 0.6 is 0 Å². The van der Waals surface area contributed by atoms with Gasteiger partial charge in [0.15, 0.2) is 5.96 Å². The molecular formula is C21H31N5O2. The monoisotopic (exact) mass is 385 g/mol. The predicted octanol–water partition coefficient (Wildman–Crippen LogP) is 2.70. The Bertz CT molecular complexity index is 752. The SMILES string of the molecule is CCNC(=NCc1ccn(-c2ccc(OC)cc2)n1)N(C)CCOCC1CC1. The Morgan fingerprint density at radius 2 is 2.07 bits per heavy atom. The molecule has 1 aliphatic carbocycles. The van der Waals surface area contributed by atoms with E-state index in [4.69, 9.17) is 14.5 Å². The molecule has 0 unspecified atom stereocenters. The normalized spacial score (nSPS) is 14.2. The molecule has 0 atom stereocenters. The van der Waals surface area contributed by atoms with Gasteiger partial charge in [0, 0.05) is 32.9 Å². The maximum atomic E-state index is 5.74. The van der Waals surface area contributed by atoms with Crippen LogP contribution in [-0.4, -0.2) is 61.1 Å². The van der Waals surface area contributed by atoms with E-state index in [1.807, 2.05) is 48.3 Å². The summed E-state index contributed by atoms with van der Waals surface area (Å²) in [5.74, 6) is 2.50. The quantitative estimate of drug-likeness (QED) is 0.387. The van der Waals surface area contributed by atoms with E-state index in [1.54, 1.807) is 7.11 Å². The molecule has 1 aromatic heterocycles. The molecule has 1 aliphatic rings. The van der Waals surface area contributed by atoms with E-state index in [2.05, 4.69) is 22.2 Å². The first-order chi connectivity index (χ1) is 13.7. The Morgan fingerprint density at radius 3 is 2.75 bits per heavy atom. The van der Waals surface area contributed by atoms with Crippen LogP contribution in [0.25, 0.3) is 5.69 Å². The summed E-state index contributed by atoms with van der Waals surface area (Å²) in [6.45, 7) is 5.86. The number of hydrogen-bond donors (Lipinski definition) is 1. The van der Waals surface area contributed by atoms with Crippen LogP contribution < -0.4 is 10.1 Å². The summed E-state index contributed by atoms with van der Waals surface area (Å²) in [5, 5.41) is 7.96. The Hall–Kier alpha value is -2.54. The second kappa shape index (κ2) is 10.1. The van der Waals surface area contributed by atoms with Crippen LogP contribution in [0.5, 0.6) is 5.75 Å². The van der Waals surface area contributed by atoms with Crippen molar-refractivity contribution in [3.05, 3.63) is 42.2 Å². The predicted molar refractivity (Wildman–Crippen MR) is 111 cm³/mol. The molecule has 7 nitrogen and oxygen atoms in total. The molecule has 2 aromatic rings. The van der Waals surface area contributed by atoms with Gasteiger partial charge in [-0.1, -0.05) is 0 Å². The highest BCUT2D eigenvalue weighted by atomic mass is 16.5. The second-order valence-corrected chi connectivity index (χ2v) is 7.06. The minimum atomic E-state index is 0.527. The van der Waals surface area contributed by atoms with Crippen molar-refractivity contribution in [1.82, 2.24) is 20.0 Å². The first-order valence-corrected chi connectivity index (χ1v) is 9.95. The lowest BCUT2D eigenvalue weighted by atomic mass is 10.3. The Morgan fingerprint density at radius 1 is 1.29 bits per heavy atom. The molecule has 152 valence electrons. The molecule has 1 heterocycles. The van der Waals surface area contributed by atoms with Crippen LogP contribution in [0.15, 0.2) is 41.5 Å². The number of rotatable bonds is 10. The topological polar surface area (TPSA) is 63.9 Å². The van der Waals surface area contributed by atoms with Gasteiger partial charge in [-0.05, 0) is 56.0 Å². The van der Waals surface area contributed by atoms with E-state index < -0.39 is 0 Å². The van der Waals surface area contributed by atoms with Gasteiger partial charge in [-0.25, -0.2) is 9.67 Å². The Kier molecular flexibility index (Phi) is 7.31. The number of nitrogens with one attached hydrogen (secondary N) is 1. The molecule has 28 heavy (non-hydrogen) atoms. The van der Waals surface area contributed by atoms with Crippen molar-refractivity contribution < 1.29 is 9.47 Å². The third-order valence-corrected chi connectivity index (χ3v) is 4.69. The van der Waals surface area contributed by atoms with Gasteiger partial charge >= 0.3 is 0 Å². The van der Waals surface area contributed by atoms with Crippen LogP contribution in [0.2, 0.25) is 0 Å². The maximum absolute atomic E-state index is 5.74. The summed E-state index contributed by atoms with van der Waals surface area (Å²) < 4.78 is 12.8. The van der Waals surface area contributed by atoms with Crippen molar-refractivity contribution in [2.75, 3.05) is 40.5 Å². The third kappa shape index (κ3) is 5.99. The fraction of sp³-hybridized carbons (Fsp3) is 0.524. The Balaban J connectivity index is 1.54. The van der Waals surface area contributed by atoms with Gasteiger partial charge < -0.3 is 19.7 Å². The lowest BCUT2D eigenvalue weighted by molar-refractivity contribution is 0.115. The summed E-state index contributed by atoms with van der Waals surface area (Å²) in [5.41, 5.74) is 1.91. The van der Waals surface area contributed by atoms with Crippen LogP contribution in [0.3, 0.4) is 0 Å². The van der Waals surface area contributed by atoms with Crippen LogP contribution in [-0.2, 0) is 11.3 Å². The van der Waals surface area contributed by atoms with Gasteiger partial charge in [-0.2, -0.15) is 5.10 Å². The standard InChI is InChI=1S/C21H31N5O2/c1-4-22-21(25(2)13-14-28-16-17-5-6-17)23-15-18-11-12-26(24-18)19-7-9-20(27-3)10-8-19/h7-12,17H,4-6,13-16H2,1-3H3,(H,22,23). The number of ether oxygens (including phenoxy) is 2. The minimum absolute atomic E-state index is 0.527. The Labute approximate surface area is 167 Å². The summed E-state index contributed by atoms with van der Waals surface area (Å²) in [6.07, 6.45) is 4.60. The molecular weight excluding hydrogens is 354 g/mol. The lowest BCUT2D eigenvalue weighted by Crippen LogP contribution is -2.40. The number of hydrogen-bond acceptors (Lipinski definition) is 4. The molecule has 1 N–H and O–H groups in total. The third-order valence-electron chi connectivity index (χ3n) is 4.69. The van der Waals surface area contributed by atoms with Crippen molar-refractivity contribution in [3.8, 4) is 11.4 Å². The van der Waals surface area contributed by atoms with Gasteiger partial charge in [-0.15, -0.1) is 0 Å². The summed E-state index contributed by atoms with van der Waals surface area (Å²) in [7, 11) is 3.70. The van der Waals surface area contributed by atoms with Crippen LogP contribution in [0.4, 0.5) is 0 Å². The molecule has 0 radical (unpaired) electrons. The first kappa shape index (κ1) is 20.2. The molecule has 7 heteroatoms. The average molecular weight is 386 g/mol. The zero-order chi connectivity index (χ0) is 19.8. The number of methoxy groups -OCH3 is 1. The molecule has 0 saturated heterocycles. The lowest BCUT2D eigenvalue weighted by Gasteiger charge is -2.21. The highest BCUT2D eigenvalue weighted by Gasteiger charge is 2.21. The molecule has 0 spiro atoms. The van der Waals surface area contributed by atoms with Crippen molar-refractivity contribution in [2.24, 2.45) is 10.9 Å². The molecule has 3 rings (SSSR count). The maximum Gasteiger partial charge on any atom is 0.194 e. The summed E-state index contributed by atoms with van der Waals surface area (Å²) in [6, 6.07) is 9.82. The molecule has 1 aromatic carbocycles. The fourth-order valence-corrected chi connectivity index (χ4v) is 2.79. The van der Waals surface area contributed by atoms with Crippen LogP contribution in [0.1, 0.15) is 25.5 Å². The molecule has 0 aliphatic heterocycles. The van der Waals surface area contributed by atoms with Crippen LogP contribution in [0, 0.1) is 5.92 Å². The van der Waals surface area contributed by atoms with E-state index in [-0.39, 0.29) is 0 Å². The number of aliphatic imine (C=N–C) groups is 1. The first-order valence-electron chi connectivity index (χ1n) is 9.95. The van der Waals surface area contributed by atoms with E-state index >= 15 is 0 Å². The number of guanidine groups is 1. The average Bonchev–Trinajstić information content (AvgIpc) is 3.43. The van der Waals surface area contributed by atoms with E-state index in [0.717, 1.165) is 55.3 Å². The summed E-state index contributed by atoms with van der Waals surface area (Å²) >= 11 is 0. The van der Waals surface area contributed by atoms with E-state index in [1.165, 1.54) is 12.8 Å². The molecule has 1 saturated carbocycles. The zero-order valence-electron chi connectivity index (χ0n) is 17.1. The molecule has 0 amide bonds. The van der Waals surface area contributed by atoms with Gasteiger partial charge in [0.05, 0.1) is 31.6 Å². The highest BCUT2D eigenvalue weighted by Crippen LogP contribution is 2.28. The van der Waals surface area contributed by atoms with Gasteiger partial charge in [0.25, 0.3) is 0 Å². The number of benzene rings is 1. The van der Waals surface area contributed by atoms with Crippen molar-refractivity contribution in [3.63, 3.8) is 0 Å². The number of aromatic nitrogens is 2. The van der Waals surface area contributed by atoms with Crippen molar-refractivity contribution in [1.29, 1.82) is 0 Å². The minimum Gasteiger partial charge on any atom is -0.497 e. The summed E-state index contributed by atoms with van der Waals surface area (Å²) in [4.78, 5) is 6.83. The van der Waals surface area contributed by atoms with Crippen molar-refractivity contribution in [2.45, 2.75) is 26.3 Å². The number of likely N-dealkylation sites (N-methyl/N-ethyl adjacent to an activating group) is 1. The number of nitrogens with zero attached hydrogens (tertiary/aromatic N) is 4. The van der Waals surface area contributed by atoms with Gasteiger partial charge in [-0.3, -0.25) is 0 Å². The van der Waals surface area contributed by atoms with Gasteiger partial charge in [0.1, 0.15) is 5.75 Å². The smallest absolute Gasteiger partial charge is 0.194 e. The molecule has 1 fully saturated rings. The van der Waals surface area contributed by atoms with E-state index in [9.17, 15) is 0 Å². The fourth-order valence-electron chi connectivity index (χ4n) is 2.79. The zero-order valence-corrected chi connectivity index (χ0v) is 17.1. The second-order valence-electron chi connectivity index (χ2n) is 7.06. The molecule has 0 bridgehead atoms. The van der Waals surface area contributed by atoms with Gasteiger partial charge in [0.2, 0.25) is 0 Å². The van der Waals surface area contributed by atoms with E-state index in [0.29, 0.717) is 6.54 Å². The largest absolute Gasteiger partial charge is 0.497 e. The van der Waals surface area contributed by atoms with Crippen molar-refractivity contribution >= 4 is 5.96 Å². The highest BCUT2D eigenvalue weighted by molar-refractivity contribution is 5.79.